The Morgan fingerprint density at radius 3 is 2.76 bits per heavy atom. The summed E-state index contributed by atoms with van der Waals surface area (Å²) in [6.07, 6.45) is 6.90. The lowest BCUT2D eigenvalue weighted by Crippen LogP contribution is -2.34. The Balaban J connectivity index is 1.55. The van der Waals surface area contributed by atoms with Crippen LogP contribution in [0.4, 0.5) is 17.2 Å². The maximum Gasteiger partial charge on any atom is 0.260 e. The van der Waals surface area contributed by atoms with Crippen molar-refractivity contribution in [3.8, 4) is 5.75 Å². The minimum absolute atomic E-state index is 0.0153. The second-order valence-electron chi connectivity index (χ2n) is 8.94. The molecule has 0 atom stereocenters. The Labute approximate surface area is 194 Å². The molecular weight excluding hydrogens is 418 g/mol. The number of hydrogen-bond acceptors (Lipinski definition) is 7. The maximum atomic E-state index is 12.7. The second-order valence-corrected chi connectivity index (χ2v) is 8.94. The van der Waals surface area contributed by atoms with Gasteiger partial charge in [0.1, 0.15) is 11.6 Å². The molecule has 2 N–H and O–H groups in total. The second kappa shape index (κ2) is 9.27. The van der Waals surface area contributed by atoms with Gasteiger partial charge in [-0.3, -0.25) is 4.79 Å². The van der Waals surface area contributed by atoms with E-state index in [1.807, 2.05) is 25.4 Å². The number of aromatic amines is 1. The Morgan fingerprint density at radius 2 is 1.91 bits per heavy atom. The molecule has 2 aromatic rings. The van der Waals surface area contributed by atoms with Crippen LogP contribution in [-0.4, -0.2) is 79.7 Å². The van der Waals surface area contributed by atoms with E-state index in [-0.39, 0.29) is 12.5 Å². The normalized spacial score (nSPS) is 21.3. The Hall–Kier alpha value is -3.33. The lowest BCUT2D eigenvalue weighted by atomic mass is 10.1. The summed E-state index contributed by atoms with van der Waals surface area (Å²) in [6.45, 7) is 4.34. The van der Waals surface area contributed by atoms with Crippen molar-refractivity contribution in [3.63, 3.8) is 0 Å². The molecule has 1 amide bonds. The zero-order valence-corrected chi connectivity index (χ0v) is 19.3. The Kier molecular flexibility index (Phi) is 6.04. The van der Waals surface area contributed by atoms with E-state index in [4.69, 9.17) is 9.73 Å². The highest BCUT2D eigenvalue weighted by Gasteiger charge is 2.22. The Bertz CT molecular complexity index is 1080. The molecule has 1 aromatic heterocycles. The fourth-order valence-corrected chi connectivity index (χ4v) is 4.62. The molecule has 3 aliphatic heterocycles. The zero-order valence-electron chi connectivity index (χ0n) is 19.3. The third kappa shape index (κ3) is 4.59. The van der Waals surface area contributed by atoms with Gasteiger partial charge in [0.2, 0.25) is 0 Å². The lowest BCUT2D eigenvalue weighted by Gasteiger charge is -2.24. The van der Waals surface area contributed by atoms with Gasteiger partial charge in [0.05, 0.1) is 23.3 Å². The first-order valence-corrected chi connectivity index (χ1v) is 11.6. The number of aromatic nitrogens is 1. The van der Waals surface area contributed by atoms with Crippen molar-refractivity contribution in [2.45, 2.75) is 25.8 Å². The predicted molar refractivity (Wildman–Crippen MR) is 131 cm³/mol. The van der Waals surface area contributed by atoms with E-state index in [0.717, 1.165) is 60.9 Å². The first-order chi connectivity index (χ1) is 16.1. The van der Waals surface area contributed by atoms with E-state index in [1.165, 1.54) is 12.8 Å². The number of likely N-dealkylation sites (N-methyl/N-ethyl adjacent to an activating group) is 1. The molecule has 33 heavy (non-hydrogen) atoms. The molecule has 0 radical (unpaired) electrons. The highest BCUT2D eigenvalue weighted by Crippen LogP contribution is 2.35. The quantitative estimate of drug-likeness (QED) is 0.699. The largest absolute Gasteiger partial charge is 0.482 e. The summed E-state index contributed by atoms with van der Waals surface area (Å²) in [4.78, 5) is 31.8. The van der Waals surface area contributed by atoms with Gasteiger partial charge in [-0.15, -0.1) is 0 Å². The third-order valence-electron chi connectivity index (χ3n) is 6.46. The molecule has 4 heterocycles. The van der Waals surface area contributed by atoms with Gasteiger partial charge in [-0.2, -0.15) is 0 Å². The van der Waals surface area contributed by atoms with E-state index in [0.29, 0.717) is 18.1 Å². The molecule has 1 aromatic carbocycles. The summed E-state index contributed by atoms with van der Waals surface area (Å²) in [7, 11) is 3.93. The van der Waals surface area contributed by atoms with Crippen molar-refractivity contribution in [1.82, 2.24) is 14.8 Å². The van der Waals surface area contributed by atoms with Gasteiger partial charge >= 0.3 is 0 Å². The van der Waals surface area contributed by atoms with Crippen molar-refractivity contribution in [2.75, 3.05) is 57.1 Å². The summed E-state index contributed by atoms with van der Waals surface area (Å²) in [5.41, 5.74) is 3.90. The summed E-state index contributed by atoms with van der Waals surface area (Å²) in [5.74, 6) is 2.24. The van der Waals surface area contributed by atoms with Crippen molar-refractivity contribution in [2.24, 2.45) is 9.98 Å². The topological polar surface area (TPSA) is 88.6 Å². The molecule has 0 unspecified atom stereocenters. The van der Waals surface area contributed by atoms with Crippen LogP contribution < -0.4 is 15.0 Å². The minimum Gasteiger partial charge on any atom is -0.482 e. The smallest absolute Gasteiger partial charge is 0.260 e. The first kappa shape index (κ1) is 21.5. The number of rotatable bonds is 1. The number of anilines is 2. The molecule has 1 fully saturated rings. The molecular formula is C24H31N7O2. The van der Waals surface area contributed by atoms with Crippen LogP contribution >= 0.6 is 0 Å². The average Bonchev–Trinajstić information content (AvgIpc) is 3.48. The number of nitrogens with zero attached hydrogens (tertiary/aromatic N) is 5. The van der Waals surface area contributed by atoms with Crippen molar-refractivity contribution in [3.05, 3.63) is 35.5 Å². The third-order valence-corrected chi connectivity index (χ3v) is 6.46. The number of carbonyl (C=O) groups is 1. The number of amidine groups is 1. The Morgan fingerprint density at radius 1 is 1.06 bits per heavy atom. The highest BCUT2D eigenvalue weighted by molar-refractivity contribution is 6.13. The van der Waals surface area contributed by atoms with Crippen LogP contribution in [-0.2, 0) is 11.3 Å². The number of aliphatic imine (C=N–C) groups is 2. The number of ether oxygens (including phenoxy) is 1. The van der Waals surface area contributed by atoms with Crippen molar-refractivity contribution in [1.29, 1.82) is 0 Å². The summed E-state index contributed by atoms with van der Waals surface area (Å²) >= 11 is 0. The van der Waals surface area contributed by atoms with Crippen molar-refractivity contribution < 1.29 is 9.53 Å². The van der Waals surface area contributed by atoms with Crippen LogP contribution in [0.2, 0.25) is 0 Å². The number of carbonyl (C=O) groups excluding carboxylic acids is 1. The maximum absolute atomic E-state index is 12.7. The molecule has 5 rings (SSSR count). The molecule has 0 spiro atoms. The minimum atomic E-state index is -0.0191. The van der Waals surface area contributed by atoms with Crippen molar-refractivity contribution >= 4 is 35.3 Å². The monoisotopic (exact) mass is 449 g/mol. The predicted octanol–water partition coefficient (Wildman–Crippen LogP) is 2.82. The van der Waals surface area contributed by atoms with Gasteiger partial charge in [-0.1, -0.05) is 0 Å². The van der Waals surface area contributed by atoms with E-state index < -0.39 is 0 Å². The van der Waals surface area contributed by atoms with Gasteiger partial charge in [-0.25, -0.2) is 9.98 Å². The number of hydrogen-bond donors (Lipinski definition) is 2. The molecule has 0 aliphatic carbocycles. The van der Waals surface area contributed by atoms with Crippen LogP contribution in [0.15, 0.2) is 34.4 Å². The van der Waals surface area contributed by atoms with E-state index in [9.17, 15) is 4.79 Å². The van der Waals surface area contributed by atoms with E-state index in [2.05, 4.69) is 38.2 Å². The van der Waals surface area contributed by atoms with Gasteiger partial charge in [-0.05, 0) is 50.6 Å². The van der Waals surface area contributed by atoms with Crippen LogP contribution in [0.3, 0.4) is 0 Å². The van der Waals surface area contributed by atoms with Crippen LogP contribution in [0.5, 0.6) is 5.75 Å². The number of amides is 1. The van der Waals surface area contributed by atoms with Crippen LogP contribution in [0.25, 0.3) is 0 Å². The summed E-state index contributed by atoms with van der Waals surface area (Å²) in [5, 5.41) is 3.19. The van der Waals surface area contributed by atoms with E-state index >= 15 is 0 Å². The molecule has 3 aliphatic rings. The van der Waals surface area contributed by atoms with Gasteiger partial charge < -0.3 is 29.7 Å². The van der Waals surface area contributed by atoms with E-state index in [1.54, 1.807) is 11.2 Å². The fourth-order valence-electron chi connectivity index (χ4n) is 4.62. The summed E-state index contributed by atoms with van der Waals surface area (Å²) in [6, 6.07) is 5.98. The number of nitrogens with one attached hydrogen (secondary N) is 2. The van der Waals surface area contributed by atoms with Gasteiger partial charge in [0, 0.05) is 45.5 Å². The molecule has 174 valence electrons. The number of benzene rings is 1. The van der Waals surface area contributed by atoms with Gasteiger partial charge in [0.15, 0.2) is 12.4 Å². The molecule has 9 heteroatoms. The lowest BCUT2D eigenvalue weighted by molar-refractivity contribution is -0.132. The highest BCUT2D eigenvalue weighted by atomic mass is 16.5. The average molecular weight is 450 g/mol. The molecule has 0 saturated carbocycles. The zero-order chi connectivity index (χ0) is 22.8. The fraction of sp³-hybridized carbons (Fsp3) is 0.458. The van der Waals surface area contributed by atoms with Gasteiger partial charge in [0.25, 0.3) is 5.91 Å². The first-order valence-electron chi connectivity index (χ1n) is 11.6. The molecule has 1 saturated heterocycles. The van der Waals surface area contributed by atoms with Crippen LogP contribution in [0.1, 0.15) is 30.4 Å². The standard InChI is InChI=1S/C24H31N7O2/c1-29-8-5-9-30(2)21(32)15-33-20-12-18(6-7-19(20)31-10-3-4-11-31)28-24-22-17(14-29)13-25-23(22)26-16-27-24/h6-7,12-13,16H,3-5,8-11,14-15H2,1-2H3,(H2,25,26,27,28). The summed E-state index contributed by atoms with van der Waals surface area (Å²) < 4.78 is 6.09. The molecule has 2 bridgehead atoms. The number of H-pyrrole nitrogens is 1. The SMILES string of the molecule is CN1CCCN(C)C(=O)COc2cc(ccc2N2CCCC2)/N=C2/N=CNc3[nH]cc(c32)C1. The van der Waals surface area contributed by atoms with Crippen LogP contribution in [0, 0.1) is 0 Å². The number of fused-ring (bicyclic) bond motifs is 2. The molecule has 9 nitrogen and oxygen atoms in total.